The molecule has 25 heavy (non-hydrogen) atoms. The van der Waals surface area contributed by atoms with E-state index in [-0.39, 0.29) is 41.6 Å². The summed E-state index contributed by atoms with van der Waals surface area (Å²) >= 11 is 5.77. The second kappa shape index (κ2) is 7.00. The second-order valence-electron chi connectivity index (χ2n) is 6.51. The van der Waals surface area contributed by atoms with Gasteiger partial charge in [0.1, 0.15) is 5.82 Å². The number of anilines is 1. The average Bonchev–Trinajstić information content (AvgIpc) is 2.98. The van der Waals surface area contributed by atoms with Gasteiger partial charge in [-0.25, -0.2) is 4.39 Å². The number of hydrogen-bond donors (Lipinski definition) is 1. The van der Waals surface area contributed by atoms with Gasteiger partial charge < -0.3 is 15.5 Å². The summed E-state index contributed by atoms with van der Waals surface area (Å²) in [6, 6.07) is 4.07. The lowest BCUT2D eigenvalue weighted by Crippen LogP contribution is -2.44. The maximum atomic E-state index is 13.3. The van der Waals surface area contributed by atoms with E-state index in [1.807, 2.05) is 0 Å². The predicted molar refractivity (Wildman–Crippen MR) is 90.4 cm³/mol. The Labute approximate surface area is 149 Å². The summed E-state index contributed by atoms with van der Waals surface area (Å²) in [5, 5.41) is -0.0615. The number of carbonyl (C=O) groups excluding carboxylic acids is 3. The summed E-state index contributed by atoms with van der Waals surface area (Å²) in [5.41, 5.74) is 5.79. The second-order valence-corrected chi connectivity index (χ2v) is 6.91. The van der Waals surface area contributed by atoms with Crippen molar-refractivity contribution in [1.29, 1.82) is 0 Å². The third-order valence-electron chi connectivity index (χ3n) is 4.90. The number of amides is 3. The number of primary amides is 1. The number of nitrogens with zero attached hydrogens (tertiary/aromatic N) is 2. The maximum Gasteiger partial charge on any atom is 0.228 e. The van der Waals surface area contributed by atoms with Crippen molar-refractivity contribution >= 4 is 35.0 Å². The highest BCUT2D eigenvalue weighted by Gasteiger charge is 2.38. The van der Waals surface area contributed by atoms with E-state index in [1.54, 1.807) is 4.90 Å². The van der Waals surface area contributed by atoms with Crippen LogP contribution in [0.15, 0.2) is 18.2 Å². The lowest BCUT2D eigenvalue weighted by atomic mass is 9.95. The molecule has 1 atom stereocenters. The molecule has 0 saturated carbocycles. The van der Waals surface area contributed by atoms with Crippen LogP contribution in [0.3, 0.4) is 0 Å². The Kier molecular flexibility index (Phi) is 4.94. The molecule has 3 rings (SSSR count). The van der Waals surface area contributed by atoms with Crippen LogP contribution in [-0.2, 0) is 14.4 Å². The summed E-state index contributed by atoms with van der Waals surface area (Å²) in [6.07, 6.45) is 1.22. The lowest BCUT2D eigenvalue weighted by Gasteiger charge is -2.32. The van der Waals surface area contributed by atoms with Crippen molar-refractivity contribution in [1.82, 2.24) is 4.90 Å². The zero-order valence-electron chi connectivity index (χ0n) is 13.6. The molecule has 0 aromatic heterocycles. The fourth-order valence-corrected chi connectivity index (χ4v) is 3.59. The summed E-state index contributed by atoms with van der Waals surface area (Å²) in [4.78, 5) is 39.3. The molecule has 1 unspecified atom stereocenters. The first-order valence-electron chi connectivity index (χ1n) is 8.20. The van der Waals surface area contributed by atoms with Crippen molar-refractivity contribution < 1.29 is 18.8 Å². The lowest BCUT2D eigenvalue weighted by molar-refractivity contribution is -0.138. The number of carbonyl (C=O) groups is 3. The smallest absolute Gasteiger partial charge is 0.228 e. The van der Waals surface area contributed by atoms with E-state index in [1.165, 1.54) is 23.1 Å². The molecule has 1 aromatic carbocycles. The molecule has 0 radical (unpaired) electrons. The average molecular weight is 368 g/mol. The van der Waals surface area contributed by atoms with Crippen molar-refractivity contribution in [3.05, 3.63) is 29.0 Å². The SMILES string of the molecule is NC(=O)C1CCN(C(=O)C2CC(=O)N(c3ccc(F)c(Cl)c3)C2)CC1. The van der Waals surface area contributed by atoms with Gasteiger partial charge in [-0.15, -0.1) is 0 Å². The first kappa shape index (κ1) is 17.7. The summed E-state index contributed by atoms with van der Waals surface area (Å²) in [6.45, 7) is 1.19. The molecular weight excluding hydrogens is 349 g/mol. The fourth-order valence-electron chi connectivity index (χ4n) is 3.42. The number of hydrogen-bond acceptors (Lipinski definition) is 3. The van der Waals surface area contributed by atoms with E-state index in [9.17, 15) is 18.8 Å². The molecule has 0 spiro atoms. The van der Waals surface area contributed by atoms with Crippen molar-refractivity contribution in [2.24, 2.45) is 17.6 Å². The van der Waals surface area contributed by atoms with E-state index in [0.29, 0.717) is 31.6 Å². The minimum atomic E-state index is -0.554. The van der Waals surface area contributed by atoms with Crippen molar-refractivity contribution in [3.8, 4) is 0 Å². The van der Waals surface area contributed by atoms with Gasteiger partial charge in [-0.05, 0) is 31.0 Å². The molecule has 2 aliphatic rings. The van der Waals surface area contributed by atoms with Crippen LogP contribution >= 0.6 is 11.6 Å². The highest BCUT2D eigenvalue weighted by molar-refractivity contribution is 6.31. The highest BCUT2D eigenvalue weighted by Crippen LogP contribution is 2.30. The van der Waals surface area contributed by atoms with Crippen LogP contribution in [0.2, 0.25) is 5.02 Å². The molecule has 2 heterocycles. The number of piperidine rings is 1. The largest absolute Gasteiger partial charge is 0.369 e. The first-order chi connectivity index (χ1) is 11.9. The zero-order valence-corrected chi connectivity index (χ0v) is 14.3. The normalized spacial score (nSPS) is 21.7. The van der Waals surface area contributed by atoms with Gasteiger partial charge in [0.05, 0.1) is 10.9 Å². The van der Waals surface area contributed by atoms with E-state index in [2.05, 4.69) is 0 Å². The number of likely N-dealkylation sites (tertiary alicyclic amines) is 1. The van der Waals surface area contributed by atoms with Gasteiger partial charge in [-0.2, -0.15) is 0 Å². The predicted octanol–water partition coefficient (Wildman–Crippen LogP) is 1.56. The van der Waals surface area contributed by atoms with Gasteiger partial charge in [0.25, 0.3) is 0 Å². The Bertz CT molecular complexity index is 719. The molecule has 0 bridgehead atoms. The third kappa shape index (κ3) is 3.61. The van der Waals surface area contributed by atoms with Gasteiger partial charge in [0.15, 0.2) is 0 Å². The van der Waals surface area contributed by atoms with Crippen molar-refractivity contribution in [2.75, 3.05) is 24.5 Å². The Morgan fingerprint density at radius 2 is 1.88 bits per heavy atom. The highest BCUT2D eigenvalue weighted by atomic mass is 35.5. The fraction of sp³-hybridized carbons (Fsp3) is 0.471. The van der Waals surface area contributed by atoms with Crippen LogP contribution in [0, 0.1) is 17.7 Å². The van der Waals surface area contributed by atoms with Crippen molar-refractivity contribution in [3.63, 3.8) is 0 Å². The summed E-state index contributed by atoms with van der Waals surface area (Å²) in [5.74, 6) is -1.79. The van der Waals surface area contributed by atoms with Gasteiger partial charge >= 0.3 is 0 Å². The molecule has 6 nitrogen and oxygen atoms in total. The van der Waals surface area contributed by atoms with Gasteiger partial charge in [-0.1, -0.05) is 11.6 Å². The number of halogens is 2. The van der Waals surface area contributed by atoms with E-state index >= 15 is 0 Å². The molecule has 1 aromatic rings. The van der Waals surface area contributed by atoms with Gasteiger partial charge in [0, 0.05) is 37.7 Å². The Hall–Kier alpha value is -2.15. The van der Waals surface area contributed by atoms with Crippen LogP contribution in [-0.4, -0.2) is 42.3 Å². The van der Waals surface area contributed by atoms with Crippen LogP contribution in [0.25, 0.3) is 0 Å². The minimum absolute atomic E-state index is 0.0615. The summed E-state index contributed by atoms with van der Waals surface area (Å²) in [7, 11) is 0. The van der Waals surface area contributed by atoms with E-state index in [0.717, 1.165) is 0 Å². The zero-order chi connectivity index (χ0) is 18.1. The molecule has 2 aliphatic heterocycles. The first-order valence-corrected chi connectivity index (χ1v) is 8.58. The Morgan fingerprint density at radius 1 is 1.20 bits per heavy atom. The molecule has 2 N–H and O–H groups in total. The number of benzene rings is 1. The van der Waals surface area contributed by atoms with E-state index < -0.39 is 11.7 Å². The van der Waals surface area contributed by atoms with E-state index in [4.69, 9.17) is 17.3 Å². The van der Waals surface area contributed by atoms with Crippen LogP contribution in [0.5, 0.6) is 0 Å². The molecule has 2 saturated heterocycles. The minimum Gasteiger partial charge on any atom is -0.369 e. The van der Waals surface area contributed by atoms with Crippen LogP contribution in [0.4, 0.5) is 10.1 Å². The van der Waals surface area contributed by atoms with Gasteiger partial charge in [0.2, 0.25) is 17.7 Å². The monoisotopic (exact) mass is 367 g/mol. The molecule has 0 aliphatic carbocycles. The van der Waals surface area contributed by atoms with Crippen LogP contribution < -0.4 is 10.6 Å². The number of nitrogens with two attached hydrogens (primary N) is 1. The van der Waals surface area contributed by atoms with Crippen molar-refractivity contribution in [2.45, 2.75) is 19.3 Å². The standard InChI is InChI=1S/C17H19ClFN3O3/c18-13-8-12(1-2-14(13)19)22-9-11(7-15(22)23)17(25)21-5-3-10(4-6-21)16(20)24/h1-2,8,10-11H,3-7,9H2,(H2,20,24). The summed E-state index contributed by atoms with van der Waals surface area (Å²) < 4.78 is 13.3. The van der Waals surface area contributed by atoms with Gasteiger partial charge in [-0.3, -0.25) is 14.4 Å². The molecule has 8 heteroatoms. The molecule has 2 fully saturated rings. The topological polar surface area (TPSA) is 83.7 Å². The van der Waals surface area contributed by atoms with Crippen LogP contribution in [0.1, 0.15) is 19.3 Å². The molecule has 134 valence electrons. The quantitative estimate of drug-likeness (QED) is 0.879. The molecule has 3 amide bonds. The number of rotatable bonds is 3. The molecular formula is C17H19ClFN3O3. The maximum absolute atomic E-state index is 13.3. The third-order valence-corrected chi connectivity index (χ3v) is 5.19. The Balaban J connectivity index is 1.65. The Morgan fingerprint density at radius 3 is 2.48 bits per heavy atom.